The molecule has 0 aliphatic heterocycles. The lowest BCUT2D eigenvalue weighted by Gasteiger charge is -2.03. The van der Waals surface area contributed by atoms with Gasteiger partial charge in [0.2, 0.25) is 0 Å². The third kappa shape index (κ3) is 3.71. The molecule has 0 spiro atoms. The smallest absolute Gasteiger partial charge is 0.276 e. The molecule has 30 heavy (non-hydrogen) atoms. The number of anilines is 2. The van der Waals surface area contributed by atoms with Crippen LogP contribution in [0, 0.1) is 50.4 Å². The maximum absolute atomic E-state index is 12.7. The van der Waals surface area contributed by atoms with Crippen LogP contribution < -0.4 is 10.6 Å². The van der Waals surface area contributed by atoms with Gasteiger partial charge in [-0.15, -0.1) is 22.7 Å². The normalized spacial score (nSPS) is 10.4. The van der Waals surface area contributed by atoms with Crippen molar-refractivity contribution in [3.8, 4) is 12.1 Å². The van der Waals surface area contributed by atoms with Crippen LogP contribution in [-0.4, -0.2) is 21.6 Å². The average Bonchev–Trinajstić information content (AvgIpc) is 3.30. The Hall–Kier alpha value is -3.47. The Morgan fingerprint density at radius 3 is 1.87 bits per heavy atom. The summed E-state index contributed by atoms with van der Waals surface area (Å²) < 4.78 is 1.31. The van der Waals surface area contributed by atoms with Gasteiger partial charge in [0, 0.05) is 22.9 Å². The number of aryl methyl sites for hydroxylation is 3. The number of rotatable bonds is 4. The number of carbonyl (C=O) groups is 2. The van der Waals surface area contributed by atoms with Crippen molar-refractivity contribution >= 4 is 44.5 Å². The van der Waals surface area contributed by atoms with Crippen LogP contribution in [-0.2, 0) is 7.05 Å². The second-order valence-electron chi connectivity index (χ2n) is 6.65. The summed E-state index contributed by atoms with van der Waals surface area (Å²) in [5.74, 6) is -0.981. The quantitative estimate of drug-likeness (QED) is 0.636. The highest BCUT2D eigenvalue weighted by atomic mass is 32.1. The molecule has 3 aromatic heterocycles. The fourth-order valence-electron chi connectivity index (χ4n) is 2.82. The van der Waals surface area contributed by atoms with Crippen LogP contribution in [0.15, 0.2) is 6.07 Å². The number of nitriles is 2. The van der Waals surface area contributed by atoms with Gasteiger partial charge >= 0.3 is 0 Å². The first-order chi connectivity index (χ1) is 14.2. The summed E-state index contributed by atoms with van der Waals surface area (Å²) in [6.45, 7) is 7.42. The van der Waals surface area contributed by atoms with Crippen LogP contribution in [0.3, 0.4) is 0 Å². The summed E-state index contributed by atoms with van der Waals surface area (Å²) in [5.41, 5.74) is 2.73. The van der Waals surface area contributed by atoms with Crippen LogP contribution in [0.5, 0.6) is 0 Å². The van der Waals surface area contributed by atoms with Crippen molar-refractivity contribution in [1.82, 2.24) is 9.78 Å². The largest absolute Gasteiger partial charge is 0.311 e. The molecule has 2 N–H and O–H groups in total. The van der Waals surface area contributed by atoms with E-state index < -0.39 is 11.8 Å². The lowest BCUT2D eigenvalue weighted by atomic mass is 10.2. The van der Waals surface area contributed by atoms with Gasteiger partial charge < -0.3 is 10.6 Å². The molecule has 10 heteroatoms. The Morgan fingerprint density at radius 1 is 0.933 bits per heavy atom. The van der Waals surface area contributed by atoms with Gasteiger partial charge in [-0.3, -0.25) is 14.3 Å². The van der Waals surface area contributed by atoms with Gasteiger partial charge in [0.15, 0.2) is 5.69 Å². The van der Waals surface area contributed by atoms with E-state index in [1.165, 1.54) is 33.4 Å². The molecule has 0 unspecified atom stereocenters. The van der Waals surface area contributed by atoms with E-state index >= 15 is 0 Å². The van der Waals surface area contributed by atoms with Gasteiger partial charge in [0.05, 0.1) is 11.1 Å². The number of carbonyl (C=O) groups excluding carboxylic acids is 2. The van der Waals surface area contributed by atoms with Crippen LogP contribution in [0.1, 0.15) is 53.0 Å². The highest BCUT2D eigenvalue weighted by molar-refractivity contribution is 7.17. The van der Waals surface area contributed by atoms with E-state index in [0.717, 1.165) is 20.9 Å². The Labute approximate surface area is 181 Å². The van der Waals surface area contributed by atoms with Crippen molar-refractivity contribution in [3.63, 3.8) is 0 Å². The Bertz CT molecular complexity index is 1270. The van der Waals surface area contributed by atoms with Gasteiger partial charge in [-0.05, 0) is 38.8 Å². The molecular formula is C20H18N6O2S2. The van der Waals surface area contributed by atoms with Crippen molar-refractivity contribution < 1.29 is 9.59 Å². The minimum Gasteiger partial charge on any atom is -0.311 e. The van der Waals surface area contributed by atoms with E-state index in [1.54, 1.807) is 7.05 Å². The molecular weight excluding hydrogens is 420 g/mol. The van der Waals surface area contributed by atoms with Gasteiger partial charge in [0.25, 0.3) is 11.8 Å². The standard InChI is InChI=1S/C20H18N6O2S2/c1-9-11(3)29-19(13(9)7-21)23-17(27)15-6-16(26(5)25-15)18(28)24-20-14(8-22)10(2)12(4)30-20/h6H,1-5H3,(H,23,27)(H,24,28). The SMILES string of the molecule is Cc1sc(NC(=O)c2cc(C(=O)Nc3sc(C)c(C)c3C#N)n(C)n2)c(C#N)c1C. The maximum atomic E-state index is 12.7. The van der Waals surface area contributed by atoms with Gasteiger partial charge in [-0.2, -0.15) is 15.6 Å². The molecule has 8 nitrogen and oxygen atoms in total. The van der Waals surface area contributed by atoms with Crippen molar-refractivity contribution in [2.24, 2.45) is 7.05 Å². The topological polar surface area (TPSA) is 124 Å². The first-order valence-electron chi connectivity index (χ1n) is 8.84. The third-order valence-electron chi connectivity index (χ3n) is 4.79. The number of nitrogens with zero attached hydrogens (tertiary/aromatic N) is 4. The van der Waals surface area contributed by atoms with Gasteiger partial charge in [0.1, 0.15) is 27.8 Å². The van der Waals surface area contributed by atoms with Crippen LogP contribution in [0.2, 0.25) is 0 Å². The van der Waals surface area contributed by atoms with Gasteiger partial charge in [-0.25, -0.2) is 0 Å². The first-order valence-corrected chi connectivity index (χ1v) is 10.5. The highest BCUT2D eigenvalue weighted by Crippen LogP contribution is 2.33. The molecule has 0 atom stereocenters. The minimum atomic E-state index is -0.511. The van der Waals surface area contributed by atoms with Crippen molar-refractivity contribution in [3.05, 3.63) is 49.5 Å². The summed E-state index contributed by atoms with van der Waals surface area (Å²) in [6, 6.07) is 5.59. The molecule has 3 rings (SSSR count). The molecule has 0 bridgehead atoms. The number of hydrogen-bond acceptors (Lipinski definition) is 7. The average molecular weight is 439 g/mol. The fraction of sp³-hybridized carbons (Fsp3) is 0.250. The predicted molar refractivity (Wildman–Crippen MR) is 116 cm³/mol. The number of thiophene rings is 2. The molecule has 0 fully saturated rings. The van der Waals surface area contributed by atoms with Gasteiger partial charge in [-0.1, -0.05) is 0 Å². The highest BCUT2D eigenvalue weighted by Gasteiger charge is 2.22. The first kappa shape index (κ1) is 21.2. The van der Waals surface area contributed by atoms with E-state index in [9.17, 15) is 20.1 Å². The molecule has 152 valence electrons. The Morgan fingerprint density at radius 2 is 1.40 bits per heavy atom. The second kappa shape index (κ2) is 8.11. The molecule has 0 saturated carbocycles. The minimum absolute atomic E-state index is 0.0503. The zero-order valence-corrected chi connectivity index (χ0v) is 18.6. The van der Waals surface area contributed by atoms with Crippen molar-refractivity contribution in [1.29, 1.82) is 10.5 Å². The summed E-state index contributed by atoms with van der Waals surface area (Å²) in [6.07, 6.45) is 0. The molecule has 0 aliphatic rings. The molecule has 0 radical (unpaired) electrons. The lowest BCUT2D eigenvalue weighted by molar-refractivity contribution is 0.101. The molecule has 0 aliphatic carbocycles. The summed E-state index contributed by atoms with van der Waals surface area (Å²) >= 11 is 2.64. The maximum Gasteiger partial charge on any atom is 0.276 e. The summed E-state index contributed by atoms with van der Waals surface area (Å²) in [7, 11) is 1.56. The summed E-state index contributed by atoms with van der Waals surface area (Å²) in [5, 5.41) is 29.2. The second-order valence-corrected chi connectivity index (χ2v) is 9.09. The molecule has 0 saturated heterocycles. The Balaban J connectivity index is 1.83. The third-order valence-corrected chi connectivity index (χ3v) is 7.04. The van der Waals surface area contributed by atoms with E-state index in [4.69, 9.17) is 0 Å². The van der Waals surface area contributed by atoms with Crippen LogP contribution in [0.4, 0.5) is 10.0 Å². The summed E-state index contributed by atoms with van der Waals surface area (Å²) in [4.78, 5) is 27.2. The van der Waals surface area contributed by atoms with Crippen LogP contribution >= 0.6 is 22.7 Å². The number of hydrogen-bond donors (Lipinski definition) is 2. The van der Waals surface area contributed by atoms with E-state index in [2.05, 4.69) is 27.9 Å². The number of nitrogens with one attached hydrogen (secondary N) is 2. The van der Waals surface area contributed by atoms with E-state index in [1.807, 2.05) is 27.7 Å². The Kier molecular flexibility index (Phi) is 5.74. The molecule has 0 aromatic carbocycles. The van der Waals surface area contributed by atoms with E-state index in [-0.39, 0.29) is 11.4 Å². The van der Waals surface area contributed by atoms with Crippen molar-refractivity contribution in [2.75, 3.05) is 10.6 Å². The molecule has 2 amide bonds. The molecule has 3 heterocycles. The van der Waals surface area contributed by atoms with E-state index in [0.29, 0.717) is 21.1 Å². The number of aromatic nitrogens is 2. The predicted octanol–water partition coefficient (Wildman–Crippen LogP) is 4.02. The zero-order valence-electron chi connectivity index (χ0n) is 17.0. The number of amides is 2. The van der Waals surface area contributed by atoms with Crippen molar-refractivity contribution in [2.45, 2.75) is 27.7 Å². The monoisotopic (exact) mass is 438 g/mol. The lowest BCUT2D eigenvalue weighted by Crippen LogP contribution is -2.15. The fourth-order valence-corrected chi connectivity index (χ4v) is 4.84. The molecule has 3 aromatic rings. The van der Waals surface area contributed by atoms with Crippen LogP contribution in [0.25, 0.3) is 0 Å². The zero-order chi connectivity index (χ0) is 22.2.